The third kappa shape index (κ3) is 2.77. The molecule has 4 nitrogen and oxygen atoms in total. The highest BCUT2D eigenvalue weighted by Gasteiger charge is 2.11. The Morgan fingerprint density at radius 1 is 1.35 bits per heavy atom. The number of anilines is 1. The number of carboxylic acids is 1. The summed E-state index contributed by atoms with van der Waals surface area (Å²) in [4.78, 5) is 16.6. The first kappa shape index (κ1) is 14.0. The Bertz CT molecular complexity index is 709. The number of aliphatic carboxylic acids is 1. The number of carboxylic acid groups (broad SMARTS) is 1. The number of halogens is 1. The first-order valence-electron chi connectivity index (χ1n) is 6.07. The van der Waals surface area contributed by atoms with E-state index in [0.29, 0.717) is 16.5 Å². The van der Waals surface area contributed by atoms with Gasteiger partial charge in [-0.15, -0.1) is 0 Å². The molecule has 2 aromatic rings. The molecule has 0 unspecified atom stereocenters. The number of carbonyl (C=O) groups is 1. The van der Waals surface area contributed by atoms with E-state index >= 15 is 0 Å². The van der Waals surface area contributed by atoms with Crippen molar-refractivity contribution in [3.8, 4) is 0 Å². The molecule has 1 aromatic carbocycles. The summed E-state index contributed by atoms with van der Waals surface area (Å²) in [6.45, 7) is 1.81. The van der Waals surface area contributed by atoms with E-state index < -0.39 is 11.8 Å². The fraction of sp³-hybridized carbons (Fsp3) is 0.200. The number of hydrogen-bond donors (Lipinski definition) is 1. The van der Waals surface area contributed by atoms with E-state index in [1.165, 1.54) is 12.1 Å². The highest BCUT2D eigenvalue weighted by atomic mass is 19.1. The molecule has 104 valence electrons. The molecule has 0 atom stereocenters. The lowest BCUT2D eigenvalue weighted by Gasteiger charge is -2.16. The van der Waals surface area contributed by atoms with Crippen LogP contribution in [-0.4, -0.2) is 30.2 Å². The number of nitrogens with zero attached hydrogens (tertiary/aromatic N) is 2. The molecular formula is C15H15FN2O2. The Labute approximate surface area is 116 Å². The molecule has 1 aromatic heterocycles. The van der Waals surface area contributed by atoms with Gasteiger partial charge in [-0.05, 0) is 36.8 Å². The second-order valence-corrected chi connectivity index (χ2v) is 4.75. The van der Waals surface area contributed by atoms with E-state index in [9.17, 15) is 9.18 Å². The SMILES string of the molecule is Cc1cc(N(C)C)c2cc(/C=C/C(=O)O)cc(F)c2n1. The molecule has 0 aliphatic rings. The lowest BCUT2D eigenvalue weighted by atomic mass is 10.1. The van der Waals surface area contributed by atoms with Crippen LogP contribution in [0.3, 0.4) is 0 Å². The van der Waals surface area contributed by atoms with Gasteiger partial charge in [0.15, 0.2) is 0 Å². The molecule has 0 saturated heterocycles. The maximum absolute atomic E-state index is 14.1. The summed E-state index contributed by atoms with van der Waals surface area (Å²) in [6, 6.07) is 4.89. The quantitative estimate of drug-likeness (QED) is 0.874. The minimum atomic E-state index is -1.07. The Morgan fingerprint density at radius 3 is 2.65 bits per heavy atom. The van der Waals surface area contributed by atoms with Gasteiger partial charge in [0.05, 0.1) is 0 Å². The van der Waals surface area contributed by atoms with Crippen LogP contribution in [0.15, 0.2) is 24.3 Å². The normalized spacial score (nSPS) is 11.2. The van der Waals surface area contributed by atoms with E-state index in [4.69, 9.17) is 5.11 Å². The van der Waals surface area contributed by atoms with Gasteiger partial charge in [0.1, 0.15) is 11.3 Å². The van der Waals surface area contributed by atoms with Gasteiger partial charge in [0.2, 0.25) is 0 Å². The summed E-state index contributed by atoms with van der Waals surface area (Å²) in [5.41, 5.74) is 2.36. The summed E-state index contributed by atoms with van der Waals surface area (Å²) >= 11 is 0. The zero-order chi connectivity index (χ0) is 14.9. The number of pyridine rings is 1. The summed E-state index contributed by atoms with van der Waals surface area (Å²) in [7, 11) is 3.73. The van der Waals surface area contributed by atoms with Crippen LogP contribution in [0.5, 0.6) is 0 Å². The molecule has 1 heterocycles. The average molecular weight is 274 g/mol. The second kappa shape index (κ2) is 5.28. The van der Waals surface area contributed by atoms with Crippen molar-refractivity contribution in [3.63, 3.8) is 0 Å². The van der Waals surface area contributed by atoms with Gasteiger partial charge in [0, 0.05) is 36.9 Å². The maximum atomic E-state index is 14.1. The second-order valence-electron chi connectivity index (χ2n) is 4.75. The molecule has 2 rings (SSSR count). The number of fused-ring (bicyclic) bond motifs is 1. The first-order valence-corrected chi connectivity index (χ1v) is 6.07. The molecule has 0 saturated carbocycles. The van der Waals surface area contributed by atoms with E-state index in [1.54, 1.807) is 6.07 Å². The van der Waals surface area contributed by atoms with Crippen LogP contribution in [-0.2, 0) is 4.79 Å². The standard InChI is InChI=1S/C15H15FN2O2/c1-9-6-13(18(2)3)11-7-10(4-5-14(19)20)8-12(16)15(11)17-9/h4-8H,1-3H3,(H,19,20)/b5-4+. The number of rotatable bonds is 3. The molecular weight excluding hydrogens is 259 g/mol. The molecule has 0 aliphatic carbocycles. The molecule has 0 aliphatic heterocycles. The summed E-state index contributed by atoms with van der Waals surface area (Å²) in [5, 5.41) is 9.29. The Kier molecular flexibility index (Phi) is 3.70. The van der Waals surface area contributed by atoms with E-state index in [-0.39, 0.29) is 0 Å². The molecule has 0 fully saturated rings. The van der Waals surface area contributed by atoms with Gasteiger partial charge in [-0.3, -0.25) is 0 Å². The predicted molar refractivity (Wildman–Crippen MR) is 77.4 cm³/mol. The predicted octanol–water partition coefficient (Wildman–Crippen LogP) is 2.85. The fourth-order valence-corrected chi connectivity index (χ4v) is 2.05. The van der Waals surface area contributed by atoms with Crippen molar-refractivity contribution < 1.29 is 14.3 Å². The van der Waals surface area contributed by atoms with Crippen LogP contribution < -0.4 is 4.90 Å². The van der Waals surface area contributed by atoms with E-state index in [0.717, 1.165) is 17.5 Å². The topological polar surface area (TPSA) is 53.4 Å². The zero-order valence-electron chi connectivity index (χ0n) is 11.5. The van der Waals surface area contributed by atoms with Crippen molar-refractivity contribution in [1.29, 1.82) is 0 Å². The molecule has 20 heavy (non-hydrogen) atoms. The third-order valence-corrected chi connectivity index (χ3v) is 2.90. The van der Waals surface area contributed by atoms with Gasteiger partial charge < -0.3 is 10.0 Å². The van der Waals surface area contributed by atoms with Crippen LogP contribution in [0.4, 0.5) is 10.1 Å². The number of aryl methyl sites for hydroxylation is 1. The average Bonchev–Trinajstić information content (AvgIpc) is 2.36. The monoisotopic (exact) mass is 274 g/mol. The summed E-state index contributed by atoms with van der Waals surface area (Å²) in [6.07, 6.45) is 2.35. The Morgan fingerprint density at radius 2 is 2.05 bits per heavy atom. The van der Waals surface area contributed by atoms with Crippen molar-refractivity contribution in [3.05, 3.63) is 41.3 Å². The fourth-order valence-electron chi connectivity index (χ4n) is 2.05. The van der Waals surface area contributed by atoms with E-state index in [2.05, 4.69) is 4.98 Å². The van der Waals surface area contributed by atoms with Crippen LogP contribution in [0.1, 0.15) is 11.3 Å². The van der Waals surface area contributed by atoms with Gasteiger partial charge in [-0.25, -0.2) is 14.2 Å². The van der Waals surface area contributed by atoms with Gasteiger partial charge in [-0.2, -0.15) is 0 Å². The Balaban J connectivity index is 2.71. The van der Waals surface area contributed by atoms with Gasteiger partial charge in [-0.1, -0.05) is 0 Å². The zero-order valence-corrected chi connectivity index (χ0v) is 11.5. The molecule has 1 N–H and O–H groups in total. The highest BCUT2D eigenvalue weighted by Crippen LogP contribution is 2.28. The molecule has 0 spiro atoms. The van der Waals surface area contributed by atoms with Crippen LogP contribution in [0.25, 0.3) is 17.0 Å². The number of hydrogen-bond acceptors (Lipinski definition) is 3. The molecule has 0 amide bonds. The molecule has 0 bridgehead atoms. The van der Waals surface area contributed by atoms with Crippen LogP contribution >= 0.6 is 0 Å². The van der Waals surface area contributed by atoms with Crippen molar-refractivity contribution >= 4 is 28.6 Å². The number of aromatic nitrogens is 1. The third-order valence-electron chi connectivity index (χ3n) is 2.90. The minimum Gasteiger partial charge on any atom is -0.478 e. The molecule has 5 heteroatoms. The lowest BCUT2D eigenvalue weighted by Crippen LogP contribution is -2.10. The maximum Gasteiger partial charge on any atom is 0.328 e. The smallest absolute Gasteiger partial charge is 0.328 e. The highest BCUT2D eigenvalue weighted by molar-refractivity contribution is 5.94. The van der Waals surface area contributed by atoms with Crippen molar-refractivity contribution in [2.45, 2.75) is 6.92 Å². The lowest BCUT2D eigenvalue weighted by molar-refractivity contribution is -0.131. The van der Waals surface area contributed by atoms with Crippen LogP contribution in [0.2, 0.25) is 0 Å². The van der Waals surface area contributed by atoms with Crippen molar-refractivity contribution in [1.82, 2.24) is 4.98 Å². The largest absolute Gasteiger partial charge is 0.478 e. The summed E-state index contributed by atoms with van der Waals surface area (Å²) < 4.78 is 14.1. The van der Waals surface area contributed by atoms with E-state index in [1.807, 2.05) is 32.0 Å². The molecule has 0 radical (unpaired) electrons. The van der Waals surface area contributed by atoms with Crippen LogP contribution in [0, 0.1) is 12.7 Å². The first-order chi connectivity index (χ1) is 9.38. The summed E-state index contributed by atoms with van der Waals surface area (Å²) in [5.74, 6) is -1.53. The number of benzene rings is 1. The minimum absolute atomic E-state index is 0.293. The van der Waals surface area contributed by atoms with Gasteiger partial charge in [0.25, 0.3) is 0 Å². The van der Waals surface area contributed by atoms with Crippen molar-refractivity contribution in [2.24, 2.45) is 0 Å². The Hall–Kier alpha value is -2.43. The van der Waals surface area contributed by atoms with Crippen molar-refractivity contribution in [2.75, 3.05) is 19.0 Å². The van der Waals surface area contributed by atoms with Gasteiger partial charge >= 0.3 is 5.97 Å².